The molecule has 7 heteroatoms. The van der Waals surface area contributed by atoms with Crippen molar-refractivity contribution in [1.82, 2.24) is 0 Å². The number of hydrogen-bond acceptors (Lipinski definition) is 7. The summed E-state index contributed by atoms with van der Waals surface area (Å²) < 4.78 is -0.0483. The van der Waals surface area contributed by atoms with Crippen molar-refractivity contribution in [3.8, 4) is 0 Å². The monoisotopic (exact) mass is 566 g/mol. The van der Waals surface area contributed by atoms with E-state index in [0.717, 1.165) is 47.3 Å². The highest BCUT2D eigenvalue weighted by molar-refractivity contribution is 7.98. The van der Waals surface area contributed by atoms with Crippen molar-refractivity contribution in [3.63, 3.8) is 0 Å². The molecule has 0 aliphatic carbocycles. The molecule has 37 heavy (non-hydrogen) atoms. The van der Waals surface area contributed by atoms with Crippen LogP contribution in [0.15, 0.2) is 71.8 Å². The number of aryl methyl sites for hydroxylation is 1. The molecule has 0 radical (unpaired) electrons. The first-order chi connectivity index (χ1) is 17.7. The molecule has 0 heterocycles. The number of nitrogen functional groups attached to an aromatic ring is 1. The molecule has 0 atom stereocenters. The first-order valence-corrected chi connectivity index (χ1v) is 14.0. The number of nitrogens with two attached hydrogens (primary N) is 2. The summed E-state index contributed by atoms with van der Waals surface area (Å²) in [5.41, 5.74) is 22.9. The maximum Gasteiger partial charge on any atom is 0.125 e. The second-order valence-corrected chi connectivity index (χ2v) is 10.7. The Bertz CT molecular complexity index is 1290. The number of benzene rings is 3. The first-order valence-electron chi connectivity index (χ1n) is 11.9. The summed E-state index contributed by atoms with van der Waals surface area (Å²) in [6.45, 7) is 5.60. The zero-order chi connectivity index (χ0) is 27.4. The lowest BCUT2D eigenvalue weighted by Crippen LogP contribution is -2.04. The molecule has 0 aliphatic rings. The fourth-order valence-electron chi connectivity index (χ4n) is 3.91. The van der Waals surface area contributed by atoms with E-state index in [-0.39, 0.29) is 4.58 Å². The molecule has 4 N–H and O–H groups in total. The summed E-state index contributed by atoms with van der Waals surface area (Å²) in [5, 5.41) is 0. The van der Waals surface area contributed by atoms with Gasteiger partial charge in [-0.15, -0.1) is 18.4 Å². The predicted molar refractivity (Wildman–Crippen MR) is 173 cm³/mol. The van der Waals surface area contributed by atoms with Crippen LogP contribution in [0.1, 0.15) is 56.9 Å². The highest BCUT2D eigenvalue weighted by Gasteiger charge is 2.12. The third-order valence-electron chi connectivity index (χ3n) is 5.92. The highest BCUT2D eigenvalue weighted by atomic mass is 32.2. The van der Waals surface area contributed by atoms with E-state index in [1.54, 1.807) is 18.2 Å². The van der Waals surface area contributed by atoms with Crippen molar-refractivity contribution < 1.29 is 4.79 Å². The minimum absolute atomic E-state index is 0.0483. The van der Waals surface area contributed by atoms with Gasteiger partial charge >= 0.3 is 0 Å². The lowest BCUT2D eigenvalue weighted by molar-refractivity contribution is 0.570. The third kappa shape index (κ3) is 9.15. The Morgan fingerprint density at radius 3 is 2.27 bits per heavy atom. The lowest BCUT2D eigenvalue weighted by Gasteiger charge is -2.16. The second kappa shape index (κ2) is 15.8. The largest absolute Gasteiger partial charge is 0.398 e. The Labute approximate surface area is 242 Å². The molecule has 0 spiro atoms. The number of carbonyl (C=O) groups excluding carboxylic acids is 1. The van der Waals surface area contributed by atoms with Crippen molar-refractivity contribution in [2.45, 2.75) is 47.8 Å². The summed E-state index contributed by atoms with van der Waals surface area (Å²) in [6, 6.07) is 17.9. The van der Waals surface area contributed by atoms with Gasteiger partial charge in [0, 0.05) is 28.0 Å². The van der Waals surface area contributed by atoms with Crippen LogP contribution in [0, 0.1) is 0 Å². The fraction of sp³-hybridized carbons (Fsp3) is 0.233. The topological polar surface area (TPSA) is 69.1 Å². The van der Waals surface area contributed by atoms with E-state index in [2.05, 4.69) is 100 Å². The molecule has 0 aliphatic heterocycles. The van der Waals surface area contributed by atoms with E-state index in [9.17, 15) is 4.79 Å². The molecule has 3 nitrogen and oxygen atoms in total. The minimum Gasteiger partial charge on any atom is -0.398 e. The summed E-state index contributed by atoms with van der Waals surface area (Å²) in [7, 11) is 0. The minimum atomic E-state index is -0.0483. The normalized spacial score (nSPS) is 10.2. The maximum absolute atomic E-state index is 10.9. The zero-order valence-corrected chi connectivity index (χ0v) is 24.5. The van der Waals surface area contributed by atoms with Crippen molar-refractivity contribution in [2.24, 2.45) is 5.73 Å². The van der Waals surface area contributed by atoms with Gasteiger partial charge in [-0.25, -0.2) is 4.79 Å². The number of rotatable bonds is 9. The Balaban J connectivity index is 0.000000335. The van der Waals surface area contributed by atoms with Crippen LogP contribution in [0.5, 0.6) is 0 Å². The quantitative estimate of drug-likeness (QED) is 0.0546. The molecule has 0 aromatic heterocycles. The zero-order valence-electron chi connectivity index (χ0n) is 20.9. The van der Waals surface area contributed by atoms with E-state index < -0.39 is 0 Å². The number of thiol groups is 4. The number of hydrogen-bond donors (Lipinski definition) is 6. The van der Waals surface area contributed by atoms with Crippen molar-refractivity contribution in [2.75, 3.05) is 5.73 Å². The molecule has 0 fully saturated rings. The van der Waals surface area contributed by atoms with Crippen LogP contribution in [0.25, 0.3) is 11.8 Å². The highest BCUT2D eigenvalue weighted by Crippen LogP contribution is 2.27. The summed E-state index contributed by atoms with van der Waals surface area (Å²) >= 11 is 17.3. The van der Waals surface area contributed by atoms with Gasteiger partial charge in [-0.05, 0) is 64.8 Å². The summed E-state index contributed by atoms with van der Waals surface area (Å²) in [5.74, 6) is 2.63. The van der Waals surface area contributed by atoms with Crippen LogP contribution < -0.4 is 11.5 Å². The molecule has 0 unspecified atom stereocenters. The van der Waals surface area contributed by atoms with Crippen molar-refractivity contribution in [1.29, 1.82) is 0 Å². The third-order valence-corrected chi connectivity index (χ3v) is 7.26. The van der Waals surface area contributed by atoms with Gasteiger partial charge < -0.3 is 11.5 Å². The molecule has 3 rings (SSSR count). The first kappa shape index (κ1) is 30.9. The predicted octanol–water partition coefficient (Wildman–Crippen LogP) is 7.20. The van der Waals surface area contributed by atoms with Gasteiger partial charge in [-0.1, -0.05) is 62.4 Å². The molecule has 0 saturated heterocycles. The van der Waals surface area contributed by atoms with Crippen molar-refractivity contribution in [3.05, 3.63) is 106 Å². The second-order valence-electron chi connectivity index (χ2n) is 8.42. The lowest BCUT2D eigenvalue weighted by atomic mass is 9.89. The van der Waals surface area contributed by atoms with Gasteiger partial charge in [0.25, 0.3) is 0 Å². The molecule has 0 amide bonds. The molecule has 3 aromatic carbocycles. The Hall–Kier alpha value is -2.37. The average molecular weight is 567 g/mol. The van der Waals surface area contributed by atoms with Crippen molar-refractivity contribution >= 4 is 73.9 Å². The molecule has 0 saturated carbocycles. The van der Waals surface area contributed by atoms with Crippen LogP contribution in [-0.2, 0) is 29.8 Å². The van der Waals surface area contributed by atoms with Gasteiger partial charge in [0.15, 0.2) is 0 Å². The fourth-order valence-corrected chi connectivity index (χ4v) is 4.69. The molecule has 0 bridgehead atoms. The molecular weight excluding hydrogens is 533 g/mol. The smallest absolute Gasteiger partial charge is 0.125 e. The van der Waals surface area contributed by atoms with Crippen LogP contribution in [0.2, 0.25) is 0 Å². The van der Waals surface area contributed by atoms with E-state index in [0.29, 0.717) is 17.1 Å². The molecular formula is C30H34N2OS4. The van der Waals surface area contributed by atoms with Gasteiger partial charge in [0.1, 0.15) is 5.94 Å². The molecule has 194 valence electrons. The van der Waals surface area contributed by atoms with Crippen LogP contribution in [0.4, 0.5) is 5.69 Å². The van der Waals surface area contributed by atoms with E-state index in [1.165, 1.54) is 22.3 Å². The van der Waals surface area contributed by atoms with E-state index in [1.807, 2.05) is 18.1 Å². The SMILES string of the molecule is C=C=C(N)c1ccc(S)c(N)c1.CCCc1c(C=C=O)ccc(CS)c1CCc1ccc(C(S)S)cc1. The molecule has 3 aromatic rings. The number of anilines is 1. The van der Waals surface area contributed by atoms with Crippen LogP contribution in [-0.4, -0.2) is 5.94 Å². The van der Waals surface area contributed by atoms with E-state index >= 15 is 0 Å². The van der Waals surface area contributed by atoms with Gasteiger partial charge in [0.2, 0.25) is 0 Å². The Morgan fingerprint density at radius 1 is 1.03 bits per heavy atom. The van der Waals surface area contributed by atoms with Crippen LogP contribution in [0.3, 0.4) is 0 Å². The average Bonchev–Trinajstić information content (AvgIpc) is 2.90. The van der Waals surface area contributed by atoms with Gasteiger partial charge in [0.05, 0.1) is 10.3 Å². The van der Waals surface area contributed by atoms with Crippen LogP contribution >= 0.6 is 50.5 Å². The Morgan fingerprint density at radius 2 is 1.73 bits per heavy atom. The maximum atomic E-state index is 10.9. The van der Waals surface area contributed by atoms with Gasteiger partial charge in [-0.2, -0.15) is 37.9 Å². The summed E-state index contributed by atoms with van der Waals surface area (Å²) in [6.07, 6.45) is 5.45. The Kier molecular flexibility index (Phi) is 13.2. The standard InChI is InChI=1S/C21H24OS3.C9H10N2S/c1-2-3-19-16(12-13-22)9-10-18(14-23)20(19)11-6-15-4-7-17(8-5-15)21(24)25;1-2-7(10)6-3-4-9(12)8(11)5-6/h4-5,7-10,12,21,23-25H,2-3,6,11,14H2,1H3;3-5,12H,1,10-11H2. The summed E-state index contributed by atoms with van der Waals surface area (Å²) in [4.78, 5) is 11.6. The van der Waals surface area contributed by atoms with E-state index in [4.69, 9.17) is 11.5 Å². The van der Waals surface area contributed by atoms with Gasteiger partial charge in [-0.3, -0.25) is 0 Å².